The molecule has 2 N–H and O–H groups in total. The molecule has 70 valence electrons. The molecule has 2 fully saturated rings. The molecular weight excluding hydrogens is 162 g/mol. The largest absolute Gasteiger partial charge is 0.309 e. The number of hydrogen-bond acceptors (Lipinski definition) is 2. The van der Waals surface area contributed by atoms with Crippen LogP contribution in [0, 0.1) is 0 Å². The van der Waals surface area contributed by atoms with Gasteiger partial charge in [-0.15, -0.1) is 0 Å². The molecule has 1 aliphatic heterocycles. The van der Waals surface area contributed by atoms with Crippen LogP contribution in [0.15, 0.2) is 6.20 Å². The minimum atomic E-state index is 0.554. The van der Waals surface area contributed by atoms with Gasteiger partial charge in [-0.25, -0.2) is 0 Å². The molecule has 2 aliphatic rings. The van der Waals surface area contributed by atoms with Crippen LogP contribution in [-0.4, -0.2) is 16.7 Å². The lowest BCUT2D eigenvalue weighted by Crippen LogP contribution is -2.14. The van der Waals surface area contributed by atoms with E-state index in [0.29, 0.717) is 6.04 Å². The van der Waals surface area contributed by atoms with Crippen LogP contribution in [0.4, 0.5) is 0 Å². The molecule has 1 aromatic heterocycles. The van der Waals surface area contributed by atoms with Crippen LogP contribution in [0.5, 0.6) is 0 Å². The minimum Gasteiger partial charge on any atom is -0.309 e. The smallest absolute Gasteiger partial charge is 0.0556 e. The quantitative estimate of drug-likeness (QED) is 0.722. The van der Waals surface area contributed by atoms with Crippen molar-refractivity contribution in [3.8, 4) is 0 Å². The predicted molar refractivity (Wildman–Crippen MR) is 50.5 cm³/mol. The third-order valence-corrected chi connectivity index (χ3v) is 3.13. The maximum absolute atomic E-state index is 4.16. The van der Waals surface area contributed by atoms with Crippen molar-refractivity contribution in [2.75, 3.05) is 6.54 Å². The Morgan fingerprint density at radius 2 is 2.23 bits per heavy atom. The molecule has 1 saturated carbocycles. The van der Waals surface area contributed by atoms with Crippen LogP contribution in [0.3, 0.4) is 0 Å². The highest BCUT2D eigenvalue weighted by Crippen LogP contribution is 2.43. The van der Waals surface area contributed by atoms with Crippen molar-refractivity contribution >= 4 is 0 Å². The monoisotopic (exact) mass is 177 g/mol. The van der Waals surface area contributed by atoms with E-state index in [4.69, 9.17) is 0 Å². The van der Waals surface area contributed by atoms with Gasteiger partial charge in [0.25, 0.3) is 0 Å². The first-order chi connectivity index (χ1) is 6.45. The summed E-state index contributed by atoms with van der Waals surface area (Å²) in [6.45, 7) is 1.16. The van der Waals surface area contributed by atoms with Crippen molar-refractivity contribution in [1.29, 1.82) is 0 Å². The second kappa shape index (κ2) is 2.84. The molecule has 0 aromatic carbocycles. The van der Waals surface area contributed by atoms with Crippen molar-refractivity contribution in [3.63, 3.8) is 0 Å². The van der Waals surface area contributed by atoms with Gasteiger partial charge in [-0.1, -0.05) is 0 Å². The molecule has 1 unspecified atom stereocenters. The molecule has 0 bridgehead atoms. The second-order valence-electron chi connectivity index (χ2n) is 4.16. The SMILES string of the molecule is c1n[nH]c(C2CCCN2)c1C1CC1. The summed E-state index contributed by atoms with van der Waals surface area (Å²) in [5.74, 6) is 0.816. The Bertz CT molecular complexity index is 295. The van der Waals surface area contributed by atoms with E-state index < -0.39 is 0 Å². The highest BCUT2D eigenvalue weighted by atomic mass is 15.1. The van der Waals surface area contributed by atoms with Gasteiger partial charge >= 0.3 is 0 Å². The van der Waals surface area contributed by atoms with Crippen molar-refractivity contribution in [2.24, 2.45) is 0 Å². The Labute approximate surface area is 77.9 Å². The molecule has 0 amide bonds. The maximum Gasteiger partial charge on any atom is 0.0556 e. The summed E-state index contributed by atoms with van der Waals surface area (Å²) in [7, 11) is 0. The first kappa shape index (κ1) is 7.56. The van der Waals surface area contributed by atoms with E-state index in [2.05, 4.69) is 15.5 Å². The fourth-order valence-corrected chi connectivity index (χ4v) is 2.24. The number of aromatic nitrogens is 2. The second-order valence-corrected chi connectivity index (χ2v) is 4.16. The Hall–Kier alpha value is -0.830. The molecular formula is C10H15N3. The van der Waals surface area contributed by atoms with Gasteiger partial charge in [0.2, 0.25) is 0 Å². The fourth-order valence-electron chi connectivity index (χ4n) is 2.24. The molecule has 3 heteroatoms. The van der Waals surface area contributed by atoms with Crippen LogP contribution >= 0.6 is 0 Å². The molecule has 13 heavy (non-hydrogen) atoms. The van der Waals surface area contributed by atoms with Crippen LogP contribution in [-0.2, 0) is 0 Å². The van der Waals surface area contributed by atoms with E-state index in [1.54, 1.807) is 0 Å². The van der Waals surface area contributed by atoms with Gasteiger partial charge < -0.3 is 5.32 Å². The standard InChI is InChI=1S/C10H15N3/c1-2-9(11-5-1)10-8(6-12-13-10)7-3-4-7/h6-7,9,11H,1-5H2,(H,12,13). The normalized spacial score (nSPS) is 28.2. The lowest BCUT2D eigenvalue weighted by atomic mass is 10.1. The Morgan fingerprint density at radius 3 is 2.92 bits per heavy atom. The van der Waals surface area contributed by atoms with Crippen molar-refractivity contribution < 1.29 is 0 Å². The summed E-state index contributed by atoms with van der Waals surface area (Å²) in [5.41, 5.74) is 2.83. The Morgan fingerprint density at radius 1 is 1.31 bits per heavy atom. The van der Waals surface area contributed by atoms with Crippen molar-refractivity contribution in [1.82, 2.24) is 15.5 Å². The van der Waals surface area contributed by atoms with Gasteiger partial charge in [-0.3, -0.25) is 5.10 Å². The predicted octanol–water partition coefficient (Wildman–Crippen LogP) is 1.71. The van der Waals surface area contributed by atoms with E-state index in [0.717, 1.165) is 12.5 Å². The first-order valence-electron chi connectivity index (χ1n) is 5.21. The Kier molecular flexibility index (Phi) is 1.65. The van der Waals surface area contributed by atoms with Crippen LogP contribution < -0.4 is 5.32 Å². The lowest BCUT2D eigenvalue weighted by Gasteiger charge is -2.09. The van der Waals surface area contributed by atoms with E-state index >= 15 is 0 Å². The minimum absolute atomic E-state index is 0.554. The number of hydrogen-bond donors (Lipinski definition) is 2. The summed E-state index contributed by atoms with van der Waals surface area (Å²) >= 11 is 0. The Balaban J connectivity index is 1.88. The zero-order valence-electron chi connectivity index (χ0n) is 7.71. The molecule has 0 radical (unpaired) electrons. The third-order valence-electron chi connectivity index (χ3n) is 3.13. The molecule has 2 heterocycles. The number of nitrogens with one attached hydrogen (secondary N) is 2. The zero-order valence-corrected chi connectivity index (χ0v) is 7.71. The summed E-state index contributed by atoms with van der Waals surface area (Å²) in [6.07, 6.45) is 7.31. The summed E-state index contributed by atoms with van der Waals surface area (Å²) in [4.78, 5) is 0. The van der Waals surface area contributed by atoms with Gasteiger partial charge in [0.15, 0.2) is 0 Å². The van der Waals surface area contributed by atoms with E-state index in [1.165, 1.54) is 36.9 Å². The van der Waals surface area contributed by atoms with Crippen LogP contribution in [0.25, 0.3) is 0 Å². The molecule has 3 rings (SSSR count). The molecule has 1 aromatic rings. The van der Waals surface area contributed by atoms with Gasteiger partial charge in [-0.05, 0) is 43.7 Å². The third kappa shape index (κ3) is 1.27. The first-order valence-corrected chi connectivity index (χ1v) is 5.21. The van der Waals surface area contributed by atoms with E-state index in [9.17, 15) is 0 Å². The van der Waals surface area contributed by atoms with Crippen molar-refractivity contribution in [3.05, 3.63) is 17.5 Å². The summed E-state index contributed by atoms with van der Waals surface area (Å²) in [5, 5.41) is 10.8. The van der Waals surface area contributed by atoms with Gasteiger partial charge in [0, 0.05) is 6.04 Å². The number of rotatable bonds is 2. The molecule has 1 aliphatic carbocycles. The van der Waals surface area contributed by atoms with Gasteiger partial charge in [0.05, 0.1) is 11.9 Å². The maximum atomic E-state index is 4.16. The summed E-state index contributed by atoms with van der Waals surface area (Å²) < 4.78 is 0. The average molecular weight is 177 g/mol. The van der Waals surface area contributed by atoms with Crippen LogP contribution in [0.1, 0.15) is 48.9 Å². The number of nitrogens with zero attached hydrogens (tertiary/aromatic N) is 1. The van der Waals surface area contributed by atoms with Crippen molar-refractivity contribution in [2.45, 2.75) is 37.6 Å². The zero-order chi connectivity index (χ0) is 8.67. The van der Waals surface area contributed by atoms with E-state index in [1.807, 2.05) is 6.20 Å². The lowest BCUT2D eigenvalue weighted by molar-refractivity contribution is 0.619. The van der Waals surface area contributed by atoms with Gasteiger partial charge in [-0.2, -0.15) is 5.10 Å². The average Bonchev–Trinajstić information content (AvgIpc) is 2.72. The highest BCUT2D eigenvalue weighted by molar-refractivity contribution is 5.28. The number of H-pyrrole nitrogens is 1. The molecule has 3 nitrogen and oxygen atoms in total. The van der Waals surface area contributed by atoms with E-state index in [-0.39, 0.29) is 0 Å². The number of aromatic amines is 1. The van der Waals surface area contributed by atoms with Crippen LogP contribution in [0.2, 0.25) is 0 Å². The van der Waals surface area contributed by atoms with Gasteiger partial charge in [0.1, 0.15) is 0 Å². The fraction of sp³-hybridized carbons (Fsp3) is 0.700. The molecule has 1 saturated heterocycles. The highest BCUT2D eigenvalue weighted by Gasteiger charge is 2.30. The topological polar surface area (TPSA) is 40.7 Å². The molecule has 1 atom stereocenters. The molecule has 0 spiro atoms. The summed E-state index contributed by atoms with van der Waals surface area (Å²) in [6, 6.07) is 0.554.